The smallest absolute Gasteiger partial charge is 0.120 e. The highest BCUT2D eigenvalue weighted by molar-refractivity contribution is 7.98. The molecule has 3 nitrogen and oxygen atoms in total. The summed E-state index contributed by atoms with van der Waals surface area (Å²) in [5.41, 5.74) is 2.90. The highest BCUT2D eigenvalue weighted by Gasteiger charge is 2.19. The van der Waals surface area contributed by atoms with E-state index in [2.05, 4.69) is 39.6 Å². The van der Waals surface area contributed by atoms with Gasteiger partial charge in [0.1, 0.15) is 5.82 Å². The van der Waals surface area contributed by atoms with Crippen molar-refractivity contribution in [1.29, 1.82) is 0 Å². The molecule has 0 amide bonds. The minimum atomic E-state index is 0.440. The average molecular weight is 245 g/mol. The summed E-state index contributed by atoms with van der Waals surface area (Å²) in [7, 11) is 0. The molecule has 0 saturated heterocycles. The van der Waals surface area contributed by atoms with E-state index in [1.807, 2.05) is 18.0 Å². The van der Waals surface area contributed by atoms with Crippen molar-refractivity contribution in [1.82, 2.24) is 15.3 Å². The van der Waals surface area contributed by atoms with Crippen LogP contribution in [0.25, 0.3) is 0 Å². The van der Waals surface area contributed by atoms with Crippen molar-refractivity contribution in [3.8, 4) is 0 Å². The van der Waals surface area contributed by atoms with Crippen LogP contribution < -0.4 is 5.32 Å². The molecule has 1 aliphatic heterocycles. The second-order valence-corrected chi connectivity index (χ2v) is 5.21. The summed E-state index contributed by atoms with van der Waals surface area (Å²) < 4.78 is 0. The molecule has 1 unspecified atom stereocenters. The van der Waals surface area contributed by atoms with Crippen molar-refractivity contribution in [3.63, 3.8) is 0 Å². The normalized spacial score (nSPS) is 18.9. The standard InChI is InChI=1S/C13H15N3S/c1-2-4-11-10(3-1)8-17-9-12(11)16-7-13-14-5-6-15-13/h1-6,12,16H,7-9H2,(H,14,15). The molecule has 0 aliphatic carbocycles. The first-order valence-electron chi connectivity index (χ1n) is 5.80. The Bertz CT molecular complexity index is 481. The summed E-state index contributed by atoms with van der Waals surface area (Å²) in [6, 6.07) is 9.14. The molecule has 2 N–H and O–H groups in total. The third-order valence-electron chi connectivity index (χ3n) is 3.04. The van der Waals surface area contributed by atoms with Crippen molar-refractivity contribution in [2.45, 2.75) is 18.3 Å². The Hall–Kier alpha value is -1.26. The number of nitrogens with one attached hydrogen (secondary N) is 2. The van der Waals surface area contributed by atoms with Gasteiger partial charge in [0.05, 0.1) is 6.54 Å². The van der Waals surface area contributed by atoms with E-state index in [-0.39, 0.29) is 0 Å². The maximum Gasteiger partial charge on any atom is 0.120 e. The van der Waals surface area contributed by atoms with Crippen molar-refractivity contribution in [2.24, 2.45) is 0 Å². The number of aromatic nitrogens is 2. The zero-order chi connectivity index (χ0) is 11.5. The molecule has 0 spiro atoms. The number of benzene rings is 1. The maximum atomic E-state index is 4.23. The summed E-state index contributed by atoms with van der Waals surface area (Å²) in [5, 5.41) is 3.57. The van der Waals surface area contributed by atoms with E-state index in [0.29, 0.717) is 6.04 Å². The molecular formula is C13H15N3S. The van der Waals surface area contributed by atoms with E-state index in [1.54, 1.807) is 6.20 Å². The van der Waals surface area contributed by atoms with Gasteiger partial charge in [-0.3, -0.25) is 0 Å². The van der Waals surface area contributed by atoms with Crippen molar-refractivity contribution in [3.05, 3.63) is 53.6 Å². The minimum Gasteiger partial charge on any atom is -0.348 e. The molecule has 0 radical (unpaired) electrons. The molecule has 1 aromatic heterocycles. The third-order valence-corrected chi connectivity index (χ3v) is 4.13. The molecule has 0 fully saturated rings. The van der Waals surface area contributed by atoms with Crippen LogP contribution in [0.4, 0.5) is 0 Å². The molecule has 0 bridgehead atoms. The Kier molecular flexibility index (Phi) is 3.16. The van der Waals surface area contributed by atoms with Gasteiger partial charge in [-0.05, 0) is 11.1 Å². The Balaban J connectivity index is 1.72. The summed E-state index contributed by atoms with van der Waals surface area (Å²) in [5.74, 6) is 3.27. The van der Waals surface area contributed by atoms with Crippen LogP contribution in [0, 0.1) is 0 Å². The van der Waals surface area contributed by atoms with Gasteiger partial charge in [0.25, 0.3) is 0 Å². The molecule has 2 heterocycles. The molecule has 1 aromatic carbocycles. The van der Waals surface area contributed by atoms with Gasteiger partial charge in [0.2, 0.25) is 0 Å². The zero-order valence-corrected chi connectivity index (χ0v) is 10.3. The number of rotatable bonds is 3. The number of aromatic amines is 1. The SMILES string of the molecule is c1ccc2c(c1)CSCC2NCc1ncc[nH]1. The van der Waals surface area contributed by atoms with Crippen LogP contribution in [0.2, 0.25) is 0 Å². The Morgan fingerprint density at radius 3 is 3.24 bits per heavy atom. The average Bonchev–Trinajstić information content (AvgIpc) is 2.89. The van der Waals surface area contributed by atoms with Crippen LogP contribution in [0.5, 0.6) is 0 Å². The minimum absolute atomic E-state index is 0.440. The summed E-state index contributed by atoms with van der Waals surface area (Å²) >= 11 is 1.99. The zero-order valence-electron chi connectivity index (χ0n) is 9.52. The van der Waals surface area contributed by atoms with Crippen LogP contribution in [0.1, 0.15) is 23.0 Å². The molecule has 88 valence electrons. The van der Waals surface area contributed by atoms with Crippen LogP contribution in [-0.2, 0) is 12.3 Å². The van der Waals surface area contributed by atoms with Crippen LogP contribution >= 0.6 is 11.8 Å². The number of nitrogens with zero attached hydrogens (tertiary/aromatic N) is 1. The second-order valence-electron chi connectivity index (χ2n) is 4.18. The van der Waals surface area contributed by atoms with E-state index < -0.39 is 0 Å². The monoisotopic (exact) mass is 245 g/mol. The van der Waals surface area contributed by atoms with Crippen molar-refractivity contribution >= 4 is 11.8 Å². The number of fused-ring (bicyclic) bond motifs is 1. The Morgan fingerprint density at radius 1 is 1.41 bits per heavy atom. The maximum absolute atomic E-state index is 4.23. The molecule has 1 aliphatic rings. The molecular weight excluding hydrogens is 230 g/mol. The second kappa shape index (κ2) is 4.94. The summed E-state index contributed by atoms with van der Waals surface area (Å²) in [6.45, 7) is 0.798. The Labute approximate surface area is 105 Å². The lowest BCUT2D eigenvalue weighted by molar-refractivity contribution is 0.562. The molecule has 1 atom stereocenters. The van der Waals surface area contributed by atoms with Gasteiger partial charge in [-0.15, -0.1) is 0 Å². The first kappa shape index (κ1) is 10.9. The number of hydrogen-bond acceptors (Lipinski definition) is 3. The lowest BCUT2D eigenvalue weighted by atomic mass is 10.0. The van der Waals surface area contributed by atoms with E-state index >= 15 is 0 Å². The van der Waals surface area contributed by atoms with Gasteiger partial charge in [-0.2, -0.15) is 11.8 Å². The van der Waals surface area contributed by atoms with Crippen molar-refractivity contribution < 1.29 is 0 Å². The fourth-order valence-corrected chi connectivity index (χ4v) is 3.30. The molecule has 17 heavy (non-hydrogen) atoms. The topological polar surface area (TPSA) is 40.7 Å². The fourth-order valence-electron chi connectivity index (χ4n) is 2.17. The van der Waals surface area contributed by atoms with E-state index in [9.17, 15) is 0 Å². The first-order valence-corrected chi connectivity index (χ1v) is 6.96. The lowest BCUT2D eigenvalue weighted by Gasteiger charge is -2.25. The van der Waals surface area contributed by atoms with Gasteiger partial charge in [-0.1, -0.05) is 24.3 Å². The highest BCUT2D eigenvalue weighted by atomic mass is 32.2. The molecule has 2 aromatic rings. The van der Waals surface area contributed by atoms with E-state index in [1.165, 1.54) is 11.1 Å². The molecule has 4 heteroatoms. The predicted octanol–water partition coefficient (Wildman–Crippen LogP) is 2.49. The van der Waals surface area contributed by atoms with Gasteiger partial charge in [-0.25, -0.2) is 4.98 Å². The number of thioether (sulfide) groups is 1. The third kappa shape index (κ3) is 2.37. The molecule has 0 saturated carbocycles. The van der Waals surface area contributed by atoms with Crippen LogP contribution in [0.3, 0.4) is 0 Å². The quantitative estimate of drug-likeness (QED) is 0.873. The number of hydrogen-bond donors (Lipinski definition) is 2. The predicted molar refractivity (Wildman–Crippen MR) is 70.8 cm³/mol. The van der Waals surface area contributed by atoms with Gasteiger partial charge < -0.3 is 10.3 Å². The van der Waals surface area contributed by atoms with Crippen LogP contribution in [-0.4, -0.2) is 15.7 Å². The fraction of sp³-hybridized carbons (Fsp3) is 0.308. The largest absolute Gasteiger partial charge is 0.348 e. The number of imidazole rings is 1. The summed E-state index contributed by atoms with van der Waals surface area (Å²) in [4.78, 5) is 7.35. The van der Waals surface area contributed by atoms with E-state index in [4.69, 9.17) is 0 Å². The molecule has 3 rings (SSSR count). The Morgan fingerprint density at radius 2 is 2.35 bits per heavy atom. The van der Waals surface area contributed by atoms with Crippen LogP contribution in [0.15, 0.2) is 36.7 Å². The van der Waals surface area contributed by atoms with Gasteiger partial charge >= 0.3 is 0 Å². The lowest BCUT2D eigenvalue weighted by Crippen LogP contribution is -2.26. The summed E-state index contributed by atoms with van der Waals surface area (Å²) in [6.07, 6.45) is 3.65. The first-order chi connectivity index (χ1) is 8.43. The van der Waals surface area contributed by atoms with E-state index in [0.717, 1.165) is 23.9 Å². The van der Waals surface area contributed by atoms with Gasteiger partial charge in [0, 0.05) is 29.9 Å². The van der Waals surface area contributed by atoms with Crippen molar-refractivity contribution in [2.75, 3.05) is 5.75 Å². The number of H-pyrrole nitrogens is 1. The van der Waals surface area contributed by atoms with Gasteiger partial charge in [0.15, 0.2) is 0 Å². The highest BCUT2D eigenvalue weighted by Crippen LogP contribution is 2.31.